The van der Waals surface area contributed by atoms with Gasteiger partial charge in [-0.2, -0.15) is 0 Å². The number of hydrogen-bond acceptors (Lipinski definition) is 4. The molecule has 19 heavy (non-hydrogen) atoms. The first-order valence-electron chi connectivity index (χ1n) is 5.77. The molecule has 6 heteroatoms. The predicted molar refractivity (Wildman–Crippen MR) is 81.6 cm³/mol. The molecule has 0 saturated carbocycles. The lowest BCUT2D eigenvalue weighted by Gasteiger charge is -2.11. The molecule has 0 amide bonds. The van der Waals surface area contributed by atoms with Gasteiger partial charge in [-0.15, -0.1) is 0 Å². The van der Waals surface area contributed by atoms with Crippen LogP contribution in [0.15, 0.2) is 12.1 Å². The van der Waals surface area contributed by atoms with E-state index in [1.54, 1.807) is 13.2 Å². The zero-order valence-corrected chi connectivity index (χ0v) is 13.8. The number of carbonyl (C=O) groups excluding carboxylic acids is 1. The molecule has 1 aromatic rings. The third-order valence-electron chi connectivity index (χ3n) is 2.33. The van der Waals surface area contributed by atoms with Crippen LogP contribution < -0.4 is 4.74 Å². The topological polar surface area (TPSA) is 44.8 Å². The van der Waals surface area contributed by atoms with Crippen LogP contribution in [0.25, 0.3) is 0 Å². The molecule has 0 atom stereocenters. The molecule has 0 aromatic heterocycles. The monoisotopic (exact) mass is 398 g/mol. The third kappa shape index (κ3) is 5.97. The molecule has 0 aliphatic heterocycles. The van der Waals surface area contributed by atoms with E-state index < -0.39 is 0 Å². The lowest BCUT2D eigenvalue weighted by molar-refractivity contribution is -0.141. The fraction of sp³-hybridized carbons (Fsp3) is 0.462. The summed E-state index contributed by atoms with van der Waals surface area (Å²) in [5.74, 6) is 0.420. The molecular formula is C13H16ClIO4. The molecule has 0 aliphatic carbocycles. The normalized spacial score (nSPS) is 10.3. The van der Waals surface area contributed by atoms with Crippen molar-refractivity contribution < 1.29 is 19.0 Å². The zero-order chi connectivity index (χ0) is 14.3. The van der Waals surface area contributed by atoms with Crippen molar-refractivity contribution in [2.24, 2.45) is 0 Å². The Morgan fingerprint density at radius 1 is 1.42 bits per heavy atom. The Bertz CT molecular complexity index is 414. The van der Waals surface area contributed by atoms with Crippen LogP contribution in [-0.4, -0.2) is 26.5 Å². The second-order valence-electron chi connectivity index (χ2n) is 3.86. The molecule has 0 unspecified atom stereocenters. The molecule has 1 aromatic carbocycles. The van der Waals surface area contributed by atoms with E-state index in [0.717, 1.165) is 22.0 Å². The summed E-state index contributed by atoms with van der Waals surface area (Å²) in [4.78, 5) is 10.7. The van der Waals surface area contributed by atoms with Crippen molar-refractivity contribution in [1.29, 1.82) is 0 Å². The van der Waals surface area contributed by atoms with Crippen molar-refractivity contribution in [3.05, 3.63) is 26.3 Å². The van der Waals surface area contributed by atoms with E-state index >= 15 is 0 Å². The maximum Gasteiger partial charge on any atom is 0.302 e. The van der Waals surface area contributed by atoms with Crippen LogP contribution in [-0.2, 0) is 20.7 Å². The smallest absolute Gasteiger partial charge is 0.302 e. The summed E-state index contributed by atoms with van der Waals surface area (Å²) in [6, 6.07) is 3.68. The van der Waals surface area contributed by atoms with E-state index in [2.05, 4.69) is 22.6 Å². The van der Waals surface area contributed by atoms with Crippen LogP contribution in [0.5, 0.6) is 5.75 Å². The minimum absolute atomic E-state index is 0.193. The Kier molecular flexibility index (Phi) is 7.48. The van der Waals surface area contributed by atoms with E-state index in [1.807, 2.05) is 6.07 Å². The number of benzene rings is 1. The molecule has 0 bridgehead atoms. The summed E-state index contributed by atoms with van der Waals surface area (Å²) < 4.78 is 16.1. The van der Waals surface area contributed by atoms with Crippen molar-refractivity contribution in [2.45, 2.75) is 19.8 Å². The number of methoxy groups -OCH3 is 1. The standard InChI is InChI=1S/C13H16ClIO4/c1-9(16)18-5-3-4-11-12(14)6-10(7-13(11)15)19-8-17-2/h6-7H,3-5,8H2,1-2H3. The maximum absolute atomic E-state index is 10.7. The number of rotatable bonds is 7. The van der Waals surface area contributed by atoms with Gasteiger partial charge in [-0.25, -0.2) is 0 Å². The lowest BCUT2D eigenvalue weighted by atomic mass is 10.1. The van der Waals surface area contributed by atoms with Gasteiger partial charge in [-0.1, -0.05) is 11.6 Å². The third-order valence-corrected chi connectivity index (χ3v) is 3.63. The molecule has 0 spiro atoms. The van der Waals surface area contributed by atoms with Crippen molar-refractivity contribution in [1.82, 2.24) is 0 Å². The van der Waals surface area contributed by atoms with Crippen molar-refractivity contribution in [3.8, 4) is 5.75 Å². The highest BCUT2D eigenvalue weighted by Gasteiger charge is 2.09. The fourth-order valence-electron chi connectivity index (χ4n) is 1.49. The van der Waals surface area contributed by atoms with Crippen LogP contribution in [0.2, 0.25) is 5.02 Å². The van der Waals surface area contributed by atoms with Crippen LogP contribution in [0.1, 0.15) is 18.9 Å². The van der Waals surface area contributed by atoms with Gasteiger partial charge in [-0.3, -0.25) is 4.79 Å². The van der Waals surface area contributed by atoms with E-state index in [0.29, 0.717) is 17.4 Å². The Morgan fingerprint density at radius 2 is 2.16 bits per heavy atom. The van der Waals surface area contributed by atoms with Crippen LogP contribution >= 0.6 is 34.2 Å². The number of carbonyl (C=O) groups is 1. The summed E-state index contributed by atoms with van der Waals surface area (Å²) in [6.45, 7) is 2.00. The highest BCUT2D eigenvalue weighted by Crippen LogP contribution is 2.29. The first-order chi connectivity index (χ1) is 9.04. The highest BCUT2D eigenvalue weighted by atomic mass is 127. The molecule has 1 rings (SSSR count). The van der Waals surface area contributed by atoms with Gasteiger partial charge < -0.3 is 14.2 Å². The Hall–Kier alpha value is -0.530. The number of ether oxygens (including phenoxy) is 3. The second-order valence-corrected chi connectivity index (χ2v) is 5.43. The minimum atomic E-state index is -0.260. The average molecular weight is 399 g/mol. The van der Waals surface area contributed by atoms with Gasteiger partial charge in [0.05, 0.1) is 6.61 Å². The number of esters is 1. The van der Waals surface area contributed by atoms with E-state index in [4.69, 9.17) is 25.8 Å². The summed E-state index contributed by atoms with van der Waals surface area (Å²) in [5.41, 5.74) is 1.04. The van der Waals surface area contributed by atoms with Gasteiger partial charge in [0.15, 0.2) is 6.79 Å². The van der Waals surface area contributed by atoms with Gasteiger partial charge in [0.2, 0.25) is 0 Å². The molecule has 0 heterocycles. The van der Waals surface area contributed by atoms with E-state index in [-0.39, 0.29) is 12.8 Å². The summed E-state index contributed by atoms with van der Waals surface area (Å²) in [5, 5.41) is 0.654. The summed E-state index contributed by atoms with van der Waals surface area (Å²) in [6.07, 6.45) is 1.50. The molecule has 106 valence electrons. The Balaban J connectivity index is 2.61. The molecule has 0 radical (unpaired) electrons. The highest BCUT2D eigenvalue weighted by molar-refractivity contribution is 14.1. The number of halogens is 2. The lowest BCUT2D eigenvalue weighted by Crippen LogP contribution is -2.03. The van der Waals surface area contributed by atoms with Crippen molar-refractivity contribution >= 4 is 40.2 Å². The van der Waals surface area contributed by atoms with Crippen molar-refractivity contribution in [2.75, 3.05) is 20.5 Å². The summed E-state index contributed by atoms with van der Waals surface area (Å²) in [7, 11) is 1.57. The Labute approximate surface area is 131 Å². The Morgan fingerprint density at radius 3 is 2.74 bits per heavy atom. The van der Waals surface area contributed by atoms with Gasteiger partial charge in [0, 0.05) is 22.6 Å². The van der Waals surface area contributed by atoms with E-state index in [1.165, 1.54) is 6.92 Å². The molecular weight excluding hydrogens is 382 g/mol. The molecule has 0 saturated heterocycles. The maximum atomic E-state index is 10.7. The molecule has 0 aliphatic rings. The quantitative estimate of drug-likeness (QED) is 0.306. The molecule has 0 N–H and O–H groups in total. The number of hydrogen-bond donors (Lipinski definition) is 0. The fourth-order valence-corrected chi connectivity index (χ4v) is 2.82. The van der Waals surface area contributed by atoms with Gasteiger partial charge in [-0.05, 0) is 53.1 Å². The van der Waals surface area contributed by atoms with Crippen LogP contribution in [0, 0.1) is 3.57 Å². The van der Waals surface area contributed by atoms with E-state index in [9.17, 15) is 4.79 Å². The predicted octanol–water partition coefficient (Wildman–Crippen LogP) is 3.42. The van der Waals surface area contributed by atoms with Gasteiger partial charge >= 0.3 is 5.97 Å². The van der Waals surface area contributed by atoms with Crippen molar-refractivity contribution in [3.63, 3.8) is 0 Å². The zero-order valence-electron chi connectivity index (χ0n) is 10.9. The SMILES string of the molecule is COCOc1cc(Cl)c(CCCOC(C)=O)c(I)c1. The minimum Gasteiger partial charge on any atom is -0.467 e. The average Bonchev–Trinajstić information content (AvgIpc) is 2.34. The summed E-state index contributed by atoms with van der Waals surface area (Å²) >= 11 is 8.44. The molecule has 0 fully saturated rings. The molecule has 4 nitrogen and oxygen atoms in total. The second kappa shape index (κ2) is 8.60. The first-order valence-corrected chi connectivity index (χ1v) is 7.23. The largest absolute Gasteiger partial charge is 0.467 e. The van der Waals surface area contributed by atoms with Crippen LogP contribution in [0.4, 0.5) is 0 Å². The first kappa shape index (κ1) is 16.5. The van der Waals surface area contributed by atoms with Gasteiger partial charge in [0.25, 0.3) is 0 Å². The van der Waals surface area contributed by atoms with Crippen LogP contribution in [0.3, 0.4) is 0 Å². The van der Waals surface area contributed by atoms with Gasteiger partial charge in [0.1, 0.15) is 5.75 Å².